The van der Waals surface area contributed by atoms with E-state index in [9.17, 15) is 23.5 Å². The first-order valence-electron chi connectivity index (χ1n) is 11.9. The van der Waals surface area contributed by atoms with Gasteiger partial charge in [-0.15, -0.1) is 12.4 Å². The number of hydrogen-bond acceptors (Lipinski definition) is 6. The van der Waals surface area contributed by atoms with Crippen molar-refractivity contribution < 1.29 is 28.2 Å². The summed E-state index contributed by atoms with van der Waals surface area (Å²) >= 11 is 0. The van der Waals surface area contributed by atoms with Gasteiger partial charge in [-0.2, -0.15) is 0 Å². The number of amides is 3. The van der Waals surface area contributed by atoms with Gasteiger partial charge in [-0.3, -0.25) is 9.88 Å². The highest BCUT2D eigenvalue weighted by molar-refractivity contribution is 5.92. The van der Waals surface area contributed by atoms with Crippen LogP contribution < -0.4 is 5.32 Å². The standard InChI is InChI=1S/C25H28F2N4O4.ClH/c26-19-5-4-16(13-20(19)27)21-15-35-24(33)31(21)23(32)29-17-8-12-30(14-17)18-6-9-25(34,10-7-18)22-3-1-2-11-28-22;/h1-5,11,13,17-18,21,34H,6-10,12,14-15H2,(H,29,32);1H/t17-,18-,21-,25-;/m1./s1. The second-order valence-corrected chi connectivity index (χ2v) is 9.54. The summed E-state index contributed by atoms with van der Waals surface area (Å²) in [6.07, 6.45) is 4.50. The van der Waals surface area contributed by atoms with Crippen molar-refractivity contribution in [3.63, 3.8) is 0 Å². The zero-order valence-electron chi connectivity index (χ0n) is 19.6. The molecule has 0 spiro atoms. The summed E-state index contributed by atoms with van der Waals surface area (Å²) in [5.74, 6) is -2.04. The number of rotatable bonds is 4. The van der Waals surface area contributed by atoms with Crippen molar-refractivity contribution in [3.8, 4) is 0 Å². The first-order valence-corrected chi connectivity index (χ1v) is 11.9. The van der Waals surface area contributed by atoms with Gasteiger partial charge in [-0.05, 0) is 61.9 Å². The van der Waals surface area contributed by atoms with Gasteiger partial charge in [0.05, 0.1) is 5.69 Å². The van der Waals surface area contributed by atoms with Crippen LogP contribution in [0.3, 0.4) is 0 Å². The molecule has 1 aromatic carbocycles. The second-order valence-electron chi connectivity index (χ2n) is 9.54. The van der Waals surface area contributed by atoms with E-state index in [-0.39, 0.29) is 25.1 Å². The Morgan fingerprint density at radius 2 is 1.92 bits per heavy atom. The third-order valence-electron chi connectivity index (χ3n) is 7.41. The van der Waals surface area contributed by atoms with Crippen LogP contribution in [0.2, 0.25) is 0 Å². The number of aliphatic hydroxyl groups is 1. The maximum atomic E-state index is 13.7. The molecule has 3 aliphatic rings. The Bertz CT molecular complexity index is 1100. The number of carbonyl (C=O) groups excluding carboxylic acids is 2. The number of benzene rings is 1. The van der Waals surface area contributed by atoms with E-state index in [4.69, 9.17) is 4.74 Å². The average molecular weight is 523 g/mol. The Labute approximate surface area is 214 Å². The van der Waals surface area contributed by atoms with Crippen molar-refractivity contribution in [3.05, 3.63) is 65.5 Å². The number of aromatic nitrogens is 1. The third-order valence-corrected chi connectivity index (χ3v) is 7.41. The summed E-state index contributed by atoms with van der Waals surface area (Å²) in [5.41, 5.74) is 0.0921. The van der Waals surface area contributed by atoms with Crippen LogP contribution in [0.1, 0.15) is 49.4 Å². The average Bonchev–Trinajstić information content (AvgIpc) is 3.48. The first kappa shape index (κ1) is 26.2. The topological polar surface area (TPSA) is 95.0 Å². The Hall–Kier alpha value is -2.82. The van der Waals surface area contributed by atoms with Gasteiger partial charge in [0, 0.05) is 31.4 Å². The van der Waals surface area contributed by atoms with Crippen LogP contribution in [0.5, 0.6) is 0 Å². The summed E-state index contributed by atoms with van der Waals surface area (Å²) in [6.45, 7) is 1.32. The summed E-state index contributed by atoms with van der Waals surface area (Å²) in [4.78, 5) is 32.8. The van der Waals surface area contributed by atoms with Gasteiger partial charge in [0.2, 0.25) is 0 Å². The minimum Gasteiger partial charge on any atom is -0.446 e. The maximum Gasteiger partial charge on any atom is 0.418 e. The van der Waals surface area contributed by atoms with Gasteiger partial charge in [0.1, 0.15) is 18.2 Å². The van der Waals surface area contributed by atoms with Crippen LogP contribution in [-0.2, 0) is 10.3 Å². The highest BCUT2D eigenvalue weighted by atomic mass is 35.5. The number of ether oxygens (including phenoxy) is 1. The maximum absolute atomic E-state index is 13.7. The van der Waals surface area contributed by atoms with Crippen LogP contribution >= 0.6 is 12.4 Å². The molecular formula is C25H29ClF2N4O4. The molecule has 0 unspecified atom stereocenters. The van der Waals surface area contributed by atoms with E-state index in [2.05, 4.69) is 15.2 Å². The molecule has 1 saturated carbocycles. The molecule has 0 radical (unpaired) electrons. The number of halogens is 3. The Morgan fingerprint density at radius 1 is 1.14 bits per heavy atom. The fourth-order valence-electron chi connectivity index (χ4n) is 5.43. The molecule has 194 valence electrons. The molecule has 2 N–H and O–H groups in total. The van der Waals surface area contributed by atoms with Crippen LogP contribution in [0, 0.1) is 11.6 Å². The molecule has 0 bridgehead atoms. The number of likely N-dealkylation sites (tertiary alicyclic amines) is 1. The van der Waals surface area contributed by atoms with E-state index in [1.54, 1.807) is 6.20 Å². The van der Waals surface area contributed by atoms with Gasteiger partial charge < -0.3 is 15.2 Å². The van der Waals surface area contributed by atoms with E-state index in [0.29, 0.717) is 36.7 Å². The Balaban J connectivity index is 0.00000304. The Kier molecular flexibility index (Phi) is 7.77. The molecule has 3 amide bonds. The van der Waals surface area contributed by atoms with Crippen molar-refractivity contribution in [2.24, 2.45) is 0 Å². The molecule has 2 aliphatic heterocycles. The minimum atomic E-state index is -1.05. The van der Waals surface area contributed by atoms with Gasteiger partial charge in [0.25, 0.3) is 0 Å². The lowest BCUT2D eigenvalue weighted by molar-refractivity contribution is -0.0257. The molecule has 5 rings (SSSR count). The van der Waals surface area contributed by atoms with Crippen LogP contribution in [-0.4, -0.2) is 63.8 Å². The number of cyclic esters (lactones) is 1. The number of nitrogens with one attached hydrogen (secondary N) is 1. The van der Waals surface area contributed by atoms with Crippen molar-refractivity contribution in [1.29, 1.82) is 0 Å². The van der Waals surface area contributed by atoms with Crippen LogP contribution in [0.15, 0.2) is 42.6 Å². The molecule has 3 heterocycles. The number of hydrogen-bond donors (Lipinski definition) is 2. The van der Waals surface area contributed by atoms with Gasteiger partial charge >= 0.3 is 12.1 Å². The zero-order chi connectivity index (χ0) is 24.6. The smallest absolute Gasteiger partial charge is 0.418 e. The quantitative estimate of drug-likeness (QED) is 0.632. The molecule has 3 fully saturated rings. The van der Waals surface area contributed by atoms with Crippen LogP contribution in [0.25, 0.3) is 0 Å². The summed E-state index contributed by atoms with van der Waals surface area (Å²) in [6, 6.07) is 7.58. The summed E-state index contributed by atoms with van der Waals surface area (Å²) in [5, 5.41) is 13.9. The van der Waals surface area contributed by atoms with E-state index >= 15 is 0 Å². The predicted molar refractivity (Wildman–Crippen MR) is 128 cm³/mol. The highest BCUT2D eigenvalue weighted by Gasteiger charge is 2.42. The fourth-order valence-corrected chi connectivity index (χ4v) is 5.43. The molecule has 8 nitrogen and oxygen atoms in total. The van der Waals surface area contributed by atoms with Crippen molar-refractivity contribution in [2.45, 2.75) is 55.8 Å². The monoisotopic (exact) mass is 522 g/mol. The van der Waals surface area contributed by atoms with Crippen LogP contribution in [0.4, 0.5) is 18.4 Å². The van der Waals surface area contributed by atoms with Gasteiger partial charge in [0.15, 0.2) is 11.6 Å². The number of urea groups is 1. The number of imide groups is 1. The van der Waals surface area contributed by atoms with Crippen molar-refractivity contribution in [1.82, 2.24) is 20.1 Å². The van der Waals surface area contributed by atoms with E-state index in [1.165, 1.54) is 6.07 Å². The molecule has 36 heavy (non-hydrogen) atoms. The van der Waals surface area contributed by atoms with E-state index in [0.717, 1.165) is 42.8 Å². The molecule has 2 atom stereocenters. The number of nitrogens with zero attached hydrogens (tertiary/aromatic N) is 3. The highest BCUT2D eigenvalue weighted by Crippen LogP contribution is 2.38. The fraction of sp³-hybridized carbons (Fsp3) is 0.480. The Morgan fingerprint density at radius 3 is 2.61 bits per heavy atom. The lowest BCUT2D eigenvalue weighted by Crippen LogP contribution is -2.48. The summed E-state index contributed by atoms with van der Waals surface area (Å²) < 4.78 is 32.1. The molecule has 1 aliphatic carbocycles. The van der Waals surface area contributed by atoms with Gasteiger partial charge in [-0.25, -0.2) is 23.3 Å². The SMILES string of the molecule is Cl.O=C(N[C@@H]1CCN([C@H]2CC[C@@](O)(c3ccccn3)CC2)C1)N1C(=O)OC[C@@H]1c1ccc(F)c(F)c1. The normalized spacial score (nSPS) is 28.5. The largest absolute Gasteiger partial charge is 0.446 e. The molecule has 11 heteroatoms. The lowest BCUT2D eigenvalue weighted by Gasteiger charge is -2.39. The van der Waals surface area contributed by atoms with Gasteiger partial charge in [-0.1, -0.05) is 12.1 Å². The number of pyridine rings is 1. The zero-order valence-corrected chi connectivity index (χ0v) is 20.4. The minimum absolute atomic E-state index is 0. The second kappa shape index (κ2) is 10.7. The molecule has 2 saturated heterocycles. The molecule has 2 aromatic rings. The molecular weight excluding hydrogens is 494 g/mol. The van der Waals surface area contributed by atoms with E-state index < -0.39 is 35.4 Å². The predicted octanol–water partition coefficient (Wildman–Crippen LogP) is 3.89. The van der Waals surface area contributed by atoms with Crippen molar-refractivity contribution >= 4 is 24.5 Å². The van der Waals surface area contributed by atoms with Crippen molar-refractivity contribution in [2.75, 3.05) is 19.7 Å². The first-order chi connectivity index (χ1) is 16.8. The summed E-state index contributed by atoms with van der Waals surface area (Å²) in [7, 11) is 0. The van der Waals surface area contributed by atoms with E-state index in [1.807, 2.05) is 18.2 Å². The number of carbonyl (C=O) groups is 2. The third kappa shape index (κ3) is 5.16. The molecule has 1 aromatic heterocycles. The lowest BCUT2D eigenvalue weighted by atomic mass is 9.79.